The Kier molecular flexibility index (Phi) is 5.51. The van der Waals surface area contributed by atoms with Gasteiger partial charge in [-0.3, -0.25) is 0 Å². The van der Waals surface area contributed by atoms with Crippen LogP contribution in [-0.4, -0.2) is 36.1 Å². The van der Waals surface area contributed by atoms with Gasteiger partial charge in [-0.1, -0.05) is 60.8 Å². The van der Waals surface area contributed by atoms with Gasteiger partial charge in [-0.25, -0.2) is 0 Å². The molecule has 0 aromatic heterocycles. The van der Waals surface area contributed by atoms with Gasteiger partial charge in [0, 0.05) is 18.2 Å². The van der Waals surface area contributed by atoms with E-state index in [9.17, 15) is 5.11 Å². The molecule has 1 fully saturated rings. The molecule has 0 bridgehead atoms. The fourth-order valence-electron chi connectivity index (χ4n) is 4.22. The maximum absolute atomic E-state index is 10.1. The summed E-state index contributed by atoms with van der Waals surface area (Å²) in [6.07, 6.45) is 7.78. The van der Waals surface area contributed by atoms with Crippen molar-refractivity contribution in [2.75, 3.05) is 13.2 Å². The molecule has 4 heteroatoms. The van der Waals surface area contributed by atoms with Gasteiger partial charge in [0.25, 0.3) is 0 Å². The molecule has 2 aliphatic rings. The molecule has 0 radical (unpaired) electrons. The van der Waals surface area contributed by atoms with Gasteiger partial charge in [0.2, 0.25) is 0 Å². The van der Waals surface area contributed by atoms with E-state index in [-0.39, 0.29) is 6.61 Å². The average molecular weight is 352 g/mol. The average Bonchev–Trinajstić information content (AvgIpc) is 3.11. The highest BCUT2D eigenvalue weighted by atomic mass is 16.6. The van der Waals surface area contributed by atoms with E-state index >= 15 is 0 Å². The summed E-state index contributed by atoms with van der Waals surface area (Å²) in [4.78, 5) is 5.49. The minimum Gasteiger partial charge on any atom is -0.393 e. The molecule has 4 rings (SSSR count). The molecular weight excluding hydrogens is 324 g/mol. The second-order valence-electron chi connectivity index (χ2n) is 7.54. The first kappa shape index (κ1) is 17.5. The predicted octanol–water partition coefficient (Wildman–Crippen LogP) is 3.79. The zero-order valence-electron chi connectivity index (χ0n) is 15.3. The van der Waals surface area contributed by atoms with Gasteiger partial charge in [-0.2, -0.15) is 0 Å². The molecule has 2 aromatic carbocycles. The normalized spacial score (nSPS) is 20.4. The van der Waals surface area contributed by atoms with Crippen LogP contribution in [0.3, 0.4) is 0 Å². The summed E-state index contributed by atoms with van der Waals surface area (Å²) in [5.74, 6) is 0. The zero-order valence-corrected chi connectivity index (χ0v) is 15.3. The van der Waals surface area contributed by atoms with Gasteiger partial charge in [-0.05, 0) is 42.0 Å². The molecule has 0 heterocycles. The van der Waals surface area contributed by atoms with Gasteiger partial charge < -0.3 is 15.3 Å². The maximum Gasteiger partial charge on any atom is 0.144 e. The molecule has 1 saturated carbocycles. The Bertz CT molecular complexity index is 781. The molecule has 0 saturated heterocycles. The first-order chi connectivity index (χ1) is 12.8. The summed E-state index contributed by atoms with van der Waals surface area (Å²) in [5.41, 5.74) is 3.56. The Morgan fingerprint density at radius 3 is 2.81 bits per heavy atom. The molecule has 4 nitrogen and oxygen atoms in total. The van der Waals surface area contributed by atoms with E-state index in [0.29, 0.717) is 12.6 Å². The van der Waals surface area contributed by atoms with E-state index < -0.39 is 6.10 Å². The molecule has 0 aliphatic heterocycles. The highest BCUT2D eigenvalue weighted by Crippen LogP contribution is 2.30. The monoisotopic (exact) mass is 352 g/mol. The molecule has 2 N–H and O–H groups in total. The fourth-order valence-corrected chi connectivity index (χ4v) is 4.22. The number of hydrogen-bond acceptors (Lipinski definition) is 4. The Balaban J connectivity index is 1.32. The Morgan fingerprint density at radius 1 is 1.08 bits per heavy atom. The lowest BCUT2D eigenvalue weighted by Gasteiger charge is -2.23. The van der Waals surface area contributed by atoms with E-state index in [1.807, 2.05) is 0 Å². The van der Waals surface area contributed by atoms with Gasteiger partial charge in [0.05, 0.1) is 5.71 Å². The summed E-state index contributed by atoms with van der Waals surface area (Å²) in [6, 6.07) is 13.3. The van der Waals surface area contributed by atoms with Crippen LogP contribution >= 0.6 is 0 Å². The summed E-state index contributed by atoms with van der Waals surface area (Å²) in [7, 11) is 0. The van der Waals surface area contributed by atoms with Crippen molar-refractivity contribution < 1.29 is 9.94 Å². The molecule has 2 aromatic rings. The number of nitrogens with zero attached hydrogens (tertiary/aromatic N) is 1. The third-order valence-electron chi connectivity index (χ3n) is 5.65. The van der Waals surface area contributed by atoms with Crippen LogP contribution in [0.1, 0.15) is 49.7 Å². The van der Waals surface area contributed by atoms with E-state index in [1.54, 1.807) is 0 Å². The minimum atomic E-state index is -0.515. The lowest BCUT2D eigenvalue weighted by molar-refractivity contribution is 0.0381. The zero-order chi connectivity index (χ0) is 17.8. The Labute approximate surface area is 155 Å². The van der Waals surface area contributed by atoms with Crippen LogP contribution in [0.15, 0.2) is 41.6 Å². The molecule has 1 unspecified atom stereocenters. The van der Waals surface area contributed by atoms with Crippen molar-refractivity contribution in [3.63, 3.8) is 0 Å². The van der Waals surface area contributed by atoms with Crippen LogP contribution < -0.4 is 5.32 Å². The number of fused-ring (bicyclic) bond motifs is 3. The van der Waals surface area contributed by atoms with Crippen LogP contribution in [0.4, 0.5) is 0 Å². The minimum absolute atomic E-state index is 0.242. The summed E-state index contributed by atoms with van der Waals surface area (Å²) in [5, 5.41) is 20.5. The van der Waals surface area contributed by atoms with E-state index in [1.165, 1.54) is 54.0 Å². The van der Waals surface area contributed by atoms with Crippen molar-refractivity contribution in [1.29, 1.82) is 0 Å². The Hall–Kier alpha value is -1.91. The highest BCUT2D eigenvalue weighted by Gasteiger charge is 2.20. The lowest BCUT2D eigenvalue weighted by atomic mass is 9.95. The molecule has 0 spiro atoms. The summed E-state index contributed by atoms with van der Waals surface area (Å²) < 4.78 is 0. The number of aryl methyl sites for hydroxylation is 1. The van der Waals surface area contributed by atoms with E-state index in [4.69, 9.17) is 4.84 Å². The molecule has 138 valence electrons. The van der Waals surface area contributed by atoms with Crippen molar-refractivity contribution in [3.05, 3.63) is 47.5 Å². The number of benzene rings is 2. The van der Waals surface area contributed by atoms with Crippen molar-refractivity contribution in [2.45, 2.75) is 57.1 Å². The van der Waals surface area contributed by atoms with Gasteiger partial charge in [0.1, 0.15) is 12.7 Å². The van der Waals surface area contributed by atoms with Crippen molar-refractivity contribution in [2.24, 2.45) is 5.16 Å². The van der Waals surface area contributed by atoms with Crippen LogP contribution in [0.25, 0.3) is 10.8 Å². The molecular formula is C22H28N2O2. The summed E-state index contributed by atoms with van der Waals surface area (Å²) in [6.45, 7) is 0.822. The van der Waals surface area contributed by atoms with Crippen LogP contribution in [0.5, 0.6) is 0 Å². The smallest absolute Gasteiger partial charge is 0.144 e. The van der Waals surface area contributed by atoms with Gasteiger partial charge in [0.15, 0.2) is 0 Å². The van der Waals surface area contributed by atoms with Crippen molar-refractivity contribution in [3.8, 4) is 0 Å². The van der Waals surface area contributed by atoms with E-state index in [0.717, 1.165) is 18.6 Å². The number of oxime groups is 1. The fraction of sp³-hybridized carbons (Fsp3) is 0.500. The first-order valence-electron chi connectivity index (χ1n) is 9.92. The van der Waals surface area contributed by atoms with E-state index in [2.05, 4.69) is 46.9 Å². The topological polar surface area (TPSA) is 53.8 Å². The lowest BCUT2D eigenvalue weighted by Crippen LogP contribution is -2.38. The number of aliphatic hydroxyl groups excluding tert-OH is 1. The largest absolute Gasteiger partial charge is 0.393 e. The number of nitrogens with one attached hydrogen (secondary N) is 1. The van der Waals surface area contributed by atoms with Crippen LogP contribution in [0, 0.1) is 0 Å². The quantitative estimate of drug-likeness (QED) is 0.778. The standard InChI is InChI=1S/C22H28N2O2/c25-18(14-23-17-7-2-1-3-8-17)15-26-24-22-13-12-20-19-9-5-4-6-16(19)10-11-21(20)22/h4-6,9-11,17-18,23,25H,1-3,7-8,12-15H2. The molecule has 2 aliphatic carbocycles. The van der Waals surface area contributed by atoms with Crippen molar-refractivity contribution in [1.82, 2.24) is 5.32 Å². The third kappa shape index (κ3) is 3.92. The second kappa shape index (κ2) is 8.19. The SMILES string of the molecule is OC(CNC1CCCCC1)CON=C1CCc2c1ccc1ccccc21. The van der Waals surface area contributed by atoms with Gasteiger partial charge in [-0.15, -0.1) is 0 Å². The van der Waals surface area contributed by atoms with Gasteiger partial charge >= 0.3 is 0 Å². The molecule has 0 amide bonds. The highest BCUT2D eigenvalue weighted by molar-refractivity contribution is 6.08. The maximum atomic E-state index is 10.1. The van der Waals surface area contributed by atoms with Crippen molar-refractivity contribution >= 4 is 16.5 Å². The third-order valence-corrected chi connectivity index (χ3v) is 5.65. The van der Waals surface area contributed by atoms with Crippen LogP contribution in [0.2, 0.25) is 0 Å². The number of rotatable bonds is 6. The predicted molar refractivity (Wildman–Crippen MR) is 106 cm³/mol. The molecule has 26 heavy (non-hydrogen) atoms. The second-order valence-corrected chi connectivity index (χ2v) is 7.54. The first-order valence-corrected chi connectivity index (χ1v) is 9.92. The number of aliphatic hydroxyl groups is 1. The van der Waals surface area contributed by atoms with Crippen LogP contribution in [-0.2, 0) is 11.3 Å². The number of hydrogen-bond donors (Lipinski definition) is 2. The molecule has 1 atom stereocenters. The summed E-state index contributed by atoms with van der Waals surface area (Å²) >= 11 is 0. The Morgan fingerprint density at radius 2 is 1.92 bits per heavy atom.